The van der Waals surface area contributed by atoms with Gasteiger partial charge in [0.25, 0.3) is 5.91 Å². The van der Waals surface area contributed by atoms with Crippen LogP contribution < -0.4 is 21.3 Å². The number of ether oxygens (including phenoxy) is 2. The van der Waals surface area contributed by atoms with Crippen molar-refractivity contribution in [1.82, 2.24) is 20.4 Å². The zero-order valence-corrected chi connectivity index (χ0v) is 21.9. The van der Waals surface area contributed by atoms with Gasteiger partial charge in [0.2, 0.25) is 5.91 Å². The molecule has 2 atom stereocenters. The second kappa shape index (κ2) is 9.66. The number of primary amides is 1. The van der Waals surface area contributed by atoms with Crippen LogP contribution in [0.15, 0.2) is 12.3 Å². The summed E-state index contributed by atoms with van der Waals surface area (Å²) in [4.78, 5) is 39.6. The van der Waals surface area contributed by atoms with Crippen LogP contribution in [-0.2, 0) is 14.3 Å². The van der Waals surface area contributed by atoms with Gasteiger partial charge in [-0.2, -0.15) is 5.10 Å². The van der Waals surface area contributed by atoms with E-state index in [0.29, 0.717) is 43.6 Å². The lowest BCUT2D eigenvalue weighted by atomic mass is 9.52. The number of carbonyl (C=O) groups excluding carboxylic acids is 3. The van der Waals surface area contributed by atoms with E-state index in [-0.39, 0.29) is 29.7 Å². The molecule has 0 aromatic carbocycles. The van der Waals surface area contributed by atoms with Crippen LogP contribution in [0.5, 0.6) is 0 Å². The molecular weight excluding hydrogens is 476 g/mol. The molecule has 1 saturated heterocycles. The van der Waals surface area contributed by atoms with Gasteiger partial charge in [-0.05, 0) is 63.7 Å². The van der Waals surface area contributed by atoms with Crippen molar-refractivity contribution in [2.75, 3.05) is 38.3 Å². The topological polar surface area (TPSA) is 141 Å². The smallest absolute Gasteiger partial charge is 0.405 e. The fraction of sp³-hybridized carbons (Fsp3) is 0.692. The maximum absolute atomic E-state index is 13.7. The van der Waals surface area contributed by atoms with Gasteiger partial charge in [0, 0.05) is 32.4 Å². The molecule has 0 radical (unpaired) electrons. The SMILES string of the molecule is CNC(=O)C(C)(C)C=Cn1ncc(C(=O)NC2C3CC4CC2CC(OC(N)=O)(C4)C3)c1N1CCOCC1. The lowest BCUT2D eigenvalue weighted by molar-refractivity contribution is -0.137. The van der Waals surface area contributed by atoms with Crippen molar-refractivity contribution >= 4 is 29.9 Å². The average Bonchev–Trinajstić information content (AvgIpc) is 3.28. The normalized spacial score (nSPS) is 30.9. The monoisotopic (exact) mass is 514 g/mol. The quantitative estimate of drug-likeness (QED) is 0.503. The summed E-state index contributed by atoms with van der Waals surface area (Å²) < 4.78 is 12.8. The Hall–Kier alpha value is -3.08. The summed E-state index contributed by atoms with van der Waals surface area (Å²) >= 11 is 0. The number of carbonyl (C=O) groups is 3. The number of aromatic nitrogens is 2. The molecule has 5 fully saturated rings. The molecule has 2 heterocycles. The van der Waals surface area contributed by atoms with Crippen molar-refractivity contribution in [1.29, 1.82) is 0 Å². The number of hydrogen-bond acceptors (Lipinski definition) is 7. The minimum absolute atomic E-state index is 0.0252. The maximum atomic E-state index is 13.7. The number of anilines is 1. The Balaban J connectivity index is 1.38. The van der Waals surface area contributed by atoms with Gasteiger partial charge in [0.15, 0.2) is 0 Å². The molecular formula is C26H38N6O5. The largest absolute Gasteiger partial charge is 0.443 e. The molecule has 37 heavy (non-hydrogen) atoms. The minimum Gasteiger partial charge on any atom is -0.443 e. The highest BCUT2D eigenvalue weighted by Crippen LogP contribution is 2.57. The fourth-order valence-corrected chi connectivity index (χ4v) is 7.12. The number of amides is 3. The second-order valence-corrected chi connectivity index (χ2v) is 11.6. The third-order valence-corrected chi connectivity index (χ3v) is 8.60. The summed E-state index contributed by atoms with van der Waals surface area (Å²) in [5, 5.41) is 10.5. The van der Waals surface area contributed by atoms with E-state index in [4.69, 9.17) is 15.2 Å². The molecule has 4 aliphatic carbocycles. The number of nitrogens with two attached hydrogens (primary N) is 1. The summed E-state index contributed by atoms with van der Waals surface area (Å²) in [6.07, 6.45) is 8.84. The number of rotatable bonds is 7. The summed E-state index contributed by atoms with van der Waals surface area (Å²) in [7, 11) is 1.61. The van der Waals surface area contributed by atoms with Crippen LogP contribution in [0.2, 0.25) is 0 Å². The zero-order valence-electron chi connectivity index (χ0n) is 21.9. The summed E-state index contributed by atoms with van der Waals surface area (Å²) in [6, 6.07) is 0.0252. The molecule has 2 unspecified atom stereocenters. The third-order valence-electron chi connectivity index (χ3n) is 8.60. The molecule has 1 aromatic heterocycles. The Kier molecular flexibility index (Phi) is 6.68. The van der Waals surface area contributed by atoms with Crippen LogP contribution in [0, 0.1) is 23.2 Å². The summed E-state index contributed by atoms with van der Waals surface area (Å²) in [5.41, 5.74) is 4.67. The van der Waals surface area contributed by atoms with Crippen LogP contribution in [0.1, 0.15) is 56.3 Å². The van der Waals surface area contributed by atoms with Gasteiger partial charge in [-0.3, -0.25) is 9.59 Å². The molecule has 0 spiro atoms. The van der Waals surface area contributed by atoms with E-state index in [2.05, 4.69) is 20.6 Å². The Morgan fingerprint density at radius 2 is 1.86 bits per heavy atom. The van der Waals surface area contributed by atoms with Crippen molar-refractivity contribution < 1.29 is 23.9 Å². The molecule has 4 N–H and O–H groups in total. The second-order valence-electron chi connectivity index (χ2n) is 11.6. The molecule has 1 aliphatic heterocycles. The van der Waals surface area contributed by atoms with Crippen LogP contribution in [0.3, 0.4) is 0 Å². The van der Waals surface area contributed by atoms with Crippen LogP contribution in [0.4, 0.5) is 10.6 Å². The first kappa shape index (κ1) is 25.6. The predicted octanol–water partition coefficient (Wildman–Crippen LogP) is 1.74. The van der Waals surface area contributed by atoms with Crippen LogP contribution in [-0.4, -0.2) is 72.7 Å². The summed E-state index contributed by atoms with van der Waals surface area (Å²) in [5.74, 6) is 1.44. The first-order valence-corrected chi connectivity index (χ1v) is 13.2. The van der Waals surface area contributed by atoms with E-state index in [1.165, 1.54) is 0 Å². The first-order chi connectivity index (χ1) is 17.6. The fourth-order valence-electron chi connectivity index (χ4n) is 7.12. The molecule has 4 saturated carbocycles. The molecule has 3 amide bonds. The molecule has 11 nitrogen and oxygen atoms in total. The average molecular weight is 515 g/mol. The van der Waals surface area contributed by atoms with Gasteiger partial charge in [0.05, 0.1) is 24.8 Å². The minimum atomic E-state index is -0.741. The molecule has 1 aromatic rings. The van der Waals surface area contributed by atoms with E-state index in [1.54, 1.807) is 30.2 Å². The number of nitrogens with zero attached hydrogens (tertiary/aromatic N) is 3. The standard InChI is InChI=1S/C26H38N6O5/c1-25(2,23(34)28-3)4-5-32-22(31-6-8-36-9-7-31)19(15-29-32)21(33)30-20-17-10-16-11-18(20)14-26(12-16,13-17)37-24(27)35/h4-5,15-18,20H,6-14H2,1-3H3,(H2,27,35)(H,28,34)(H,30,33). The Morgan fingerprint density at radius 1 is 1.19 bits per heavy atom. The van der Waals surface area contributed by atoms with Crippen molar-refractivity contribution in [3.05, 3.63) is 17.8 Å². The molecule has 202 valence electrons. The van der Waals surface area contributed by atoms with Crippen molar-refractivity contribution in [3.8, 4) is 0 Å². The molecule has 4 bridgehead atoms. The molecule has 6 rings (SSSR count). The van der Waals surface area contributed by atoms with Gasteiger partial charge in [0.1, 0.15) is 17.0 Å². The number of hydrogen-bond donors (Lipinski definition) is 3. The van der Waals surface area contributed by atoms with Gasteiger partial charge in [-0.15, -0.1) is 0 Å². The predicted molar refractivity (Wildman–Crippen MR) is 137 cm³/mol. The number of nitrogens with one attached hydrogen (secondary N) is 2. The highest BCUT2D eigenvalue weighted by Gasteiger charge is 2.57. The lowest BCUT2D eigenvalue weighted by Crippen LogP contribution is -2.63. The van der Waals surface area contributed by atoms with Gasteiger partial charge in [-0.25, -0.2) is 9.48 Å². The zero-order chi connectivity index (χ0) is 26.4. The maximum Gasteiger partial charge on any atom is 0.405 e. The first-order valence-electron chi connectivity index (χ1n) is 13.2. The van der Waals surface area contributed by atoms with E-state index in [0.717, 1.165) is 32.1 Å². The number of morpholine rings is 1. The highest BCUT2D eigenvalue weighted by molar-refractivity contribution is 5.99. The highest BCUT2D eigenvalue weighted by atomic mass is 16.6. The lowest BCUT2D eigenvalue weighted by Gasteiger charge is -2.58. The van der Waals surface area contributed by atoms with Crippen LogP contribution >= 0.6 is 0 Å². The van der Waals surface area contributed by atoms with Crippen molar-refractivity contribution in [2.45, 2.75) is 57.6 Å². The van der Waals surface area contributed by atoms with Crippen molar-refractivity contribution in [2.24, 2.45) is 28.9 Å². The van der Waals surface area contributed by atoms with E-state index in [1.807, 2.05) is 13.8 Å². The molecule has 5 aliphatic rings. The third kappa shape index (κ3) is 4.93. The van der Waals surface area contributed by atoms with Crippen molar-refractivity contribution in [3.63, 3.8) is 0 Å². The Bertz CT molecular complexity index is 1080. The van der Waals surface area contributed by atoms with Crippen LogP contribution in [0.25, 0.3) is 6.20 Å². The van der Waals surface area contributed by atoms with Gasteiger partial charge < -0.3 is 30.7 Å². The Labute approximate surface area is 217 Å². The Morgan fingerprint density at radius 3 is 2.49 bits per heavy atom. The van der Waals surface area contributed by atoms with E-state index < -0.39 is 17.1 Å². The van der Waals surface area contributed by atoms with Gasteiger partial charge >= 0.3 is 6.09 Å². The molecule has 11 heteroatoms. The van der Waals surface area contributed by atoms with E-state index >= 15 is 0 Å². The van der Waals surface area contributed by atoms with E-state index in [9.17, 15) is 14.4 Å². The summed E-state index contributed by atoms with van der Waals surface area (Å²) in [6.45, 7) is 6.07. The van der Waals surface area contributed by atoms with Gasteiger partial charge in [-0.1, -0.05) is 6.08 Å².